The summed E-state index contributed by atoms with van der Waals surface area (Å²) in [4.78, 5) is 17.1. The van der Waals surface area contributed by atoms with Crippen molar-refractivity contribution in [3.63, 3.8) is 0 Å². The van der Waals surface area contributed by atoms with E-state index in [1.807, 2.05) is 17.0 Å². The molecule has 1 aliphatic rings. The zero-order chi connectivity index (χ0) is 18.7. The maximum Gasteiger partial charge on any atom is 0.276 e. The van der Waals surface area contributed by atoms with Crippen molar-refractivity contribution >= 4 is 17.5 Å². The van der Waals surface area contributed by atoms with Gasteiger partial charge in [-0.25, -0.2) is 0 Å². The van der Waals surface area contributed by atoms with Crippen molar-refractivity contribution in [2.45, 2.75) is 25.9 Å². The number of methoxy groups -OCH3 is 1. The molecule has 1 aromatic heterocycles. The van der Waals surface area contributed by atoms with Gasteiger partial charge in [0.1, 0.15) is 0 Å². The summed E-state index contributed by atoms with van der Waals surface area (Å²) in [6.07, 6.45) is 0. The number of halogens is 1. The number of hydrogen-bond donors (Lipinski definition) is 0. The Bertz CT molecular complexity index is 735. The van der Waals surface area contributed by atoms with Gasteiger partial charge in [-0.05, 0) is 38.1 Å². The lowest BCUT2D eigenvalue weighted by molar-refractivity contribution is 0.0188. The first-order chi connectivity index (χ1) is 12.5. The molecule has 2 atom stereocenters. The Hall–Kier alpha value is -1.89. The smallest absolute Gasteiger partial charge is 0.276 e. The second kappa shape index (κ2) is 8.20. The number of amides is 1. The fourth-order valence-electron chi connectivity index (χ4n) is 3.45. The summed E-state index contributed by atoms with van der Waals surface area (Å²) in [5.74, 6) is 0.462. The highest BCUT2D eigenvalue weighted by Crippen LogP contribution is 2.24. The summed E-state index contributed by atoms with van der Waals surface area (Å²) in [5, 5.41) is 4.63. The molecule has 0 bridgehead atoms. The molecule has 1 aromatic carbocycles. The first kappa shape index (κ1) is 18.9. The van der Waals surface area contributed by atoms with Gasteiger partial charge in [0.05, 0.1) is 6.61 Å². The summed E-state index contributed by atoms with van der Waals surface area (Å²) in [5.41, 5.74) is 1.17. The predicted octanol–water partition coefficient (Wildman–Crippen LogP) is 3.18. The highest BCUT2D eigenvalue weighted by atomic mass is 35.5. The standard InChI is InChI=1S/C19H24ClN3O3/c1-13-11-22(12-14(2)23(13)8-9-25-3)19(24)17-10-18(26-21-17)15-4-6-16(20)7-5-15/h4-7,10,13-14H,8-9,11-12H2,1-3H3. The Morgan fingerprint density at radius 2 is 1.92 bits per heavy atom. The number of carbonyl (C=O) groups excluding carboxylic acids is 1. The first-order valence-corrected chi connectivity index (χ1v) is 9.14. The largest absolute Gasteiger partial charge is 0.383 e. The van der Waals surface area contributed by atoms with Gasteiger partial charge in [0, 0.05) is 55.5 Å². The van der Waals surface area contributed by atoms with Gasteiger partial charge in [-0.1, -0.05) is 16.8 Å². The summed E-state index contributed by atoms with van der Waals surface area (Å²) < 4.78 is 10.5. The number of aromatic nitrogens is 1. The molecule has 7 heteroatoms. The molecular weight excluding hydrogens is 354 g/mol. The van der Waals surface area contributed by atoms with E-state index >= 15 is 0 Å². The molecule has 140 valence electrons. The second-order valence-corrected chi connectivity index (χ2v) is 7.16. The third-order valence-electron chi connectivity index (χ3n) is 4.80. The minimum atomic E-state index is -0.0981. The number of benzene rings is 1. The Morgan fingerprint density at radius 1 is 1.27 bits per heavy atom. The topological polar surface area (TPSA) is 58.8 Å². The maximum atomic E-state index is 12.8. The lowest BCUT2D eigenvalue weighted by atomic mass is 10.1. The Morgan fingerprint density at radius 3 is 2.54 bits per heavy atom. The summed E-state index contributed by atoms with van der Waals surface area (Å²) in [6, 6.07) is 9.47. The normalized spacial score (nSPS) is 21.2. The maximum absolute atomic E-state index is 12.8. The van der Waals surface area contributed by atoms with Crippen LogP contribution in [0.4, 0.5) is 0 Å². The van der Waals surface area contributed by atoms with Gasteiger partial charge in [0.25, 0.3) is 5.91 Å². The van der Waals surface area contributed by atoms with Crippen molar-refractivity contribution in [3.8, 4) is 11.3 Å². The van der Waals surface area contributed by atoms with Crippen LogP contribution in [0.5, 0.6) is 0 Å². The van der Waals surface area contributed by atoms with E-state index in [1.54, 1.807) is 25.3 Å². The van der Waals surface area contributed by atoms with Crippen LogP contribution in [0, 0.1) is 0 Å². The molecular formula is C19H24ClN3O3. The Balaban J connectivity index is 1.69. The van der Waals surface area contributed by atoms with Crippen molar-refractivity contribution in [1.29, 1.82) is 0 Å². The lowest BCUT2D eigenvalue weighted by Gasteiger charge is -2.44. The monoisotopic (exact) mass is 377 g/mol. The molecule has 1 fully saturated rings. The van der Waals surface area contributed by atoms with Crippen molar-refractivity contribution < 1.29 is 14.1 Å². The third kappa shape index (κ3) is 4.09. The van der Waals surface area contributed by atoms with Gasteiger partial charge in [-0.3, -0.25) is 9.69 Å². The molecule has 3 rings (SSSR count). The van der Waals surface area contributed by atoms with E-state index in [9.17, 15) is 4.79 Å². The van der Waals surface area contributed by atoms with E-state index in [-0.39, 0.29) is 18.0 Å². The molecule has 2 aromatic rings. The van der Waals surface area contributed by atoms with Crippen molar-refractivity contribution in [1.82, 2.24) is 15.0 Å². The van der Waals surface area contributed by atoms with Crippen LogP contribution in [-0.2, 0) is 4.74 Å². The van der Waals surface area contributed by atoms with Gasteiger partial charge in [0.15, 0.2) is 11.5 Å². The van der Waals surface area contributed by atoms with Crippen molar-refractivity contribution in [3.05, 3.63) is 41.0 Å². The van der Waals surface area contributed by atoms with Crippen molar-refractivity contribution in [2.24, 2.45) is 0 Å². The Kier molecular flexibility index (Phi) is 5.96. The number of ether oxygens (including phenoxy) is 1. The predicted molar refractivity (Wildman–Crippen MR) is 100 cm³/mol. The zero-order valence-electron chi connectivity index (χ0n) is 15.3. The third-order valence-corrected chi connectivity index (χ3v) is 5.05. The van der Waals surface area contributed by atoms with Crippen LogP contribution >= 0.6 is 11.6 Å². The molecule has 0 radical (unpaired) electrons. The molecule has 1 saturated heterocycles. The first-order valence-electron chi connectivity index (χ1n) is 8.76. The van der Waals surface area contributed by atoms with E-state index < -0.39 is 0 Å². The molecule has 0 saturated carbocycles. The molecule has 0 N–H and O–H groups in total. The van der Waals surface area contributed by atoms with Crippen LogP contribution in [-0.4, -0.2) is 66.3 Å². The SMILES string of the molecule is COCCN1C(C)CN(C(=O)c2cc(-c3ccc(Cl)cc3)on2)CC1C. The number of piperazine rings is 1. The van der Waals surface area contributed by atoms with E-state index in [1.165, 1.54) is 0 Å². The molecule has 0 aliphatic carbocycles. The molecule has 1 aliphatic heterocycles. The summed E-state index contributed by atoms with van der Waals surface area (Å²) in [7, 11) is 1.71. The average Bonchev–Trinajstić information content (AvgIpc) is 3.11. The number of hydrogen-bond acceptors (Lipinski definition) is 5. The van der Waals surface area contributed by atoms with Gasteiger partial charge >= 0.3 is 0 Å². The van der Waals surface area contributed by atoms with Crippen LogP contribution in [0.2, 0.25) is 5.02 Å². The van der Waals surface area contributed by atoms with Gasteiger partial charge in [0.2, 0.25) is 0 Å². The fraction of sp³-hybridized carbons (Fsp3) is 0.474. The number of carbonyl (C=O) groups is 1. The quantitative estimate of drug-likeness (QED) is 0.801. The minimum absolute atomic E-state index is 0.0981. The van der Waals surface area contributed by atoms with E-state index in [0.29, 0.717) is 36.2 Å². The van der Waals surface area contributed by atoms with Crippen molar-refractivity contribution in [2.75, 3.05) is 33.4 Å². The minimum Gasteiger partial charge on any atom is -0.383 e. The van der Waals surface area contributed by atoms with Gasteiger partial charge < -0.3 is 14.2 Å². The van der Waals surface area contributed by atoms with E-state index in [0.717, 1.165) is 12.1 Å². The van der Waals surface area contributed by atoms with Gasteiger partial charge in [-0.15, -0.1) is 0 Å². The average molecular weight is 378 g/mol. The highest BCUT2D eigenvalue weighted by Gasteiger charge is 2.33. The van der Waals surface area contributed by atoms with Gasteiger partial charge in [-0.2, -0.15) is 0 Å². The molecule has 26 heavy (non-hydrogen) atoms. The van der Waals surface area contributed by atoms with Crippen LogP contribution in [0.25, 0.3) is 11.3 Å². The second-order valence-electron chi connectivity index (χ2n) is 6.72. The molecule has 2 unspecified atom stereocenters. The summed E-state index contributed by atoms with van der Waals surface area (Å²) in [6.45, 7) is 7.15. The molecule has 1 amide bonds. The summed E-state index contributed by atoms with van der Waals surface area (Å²) >= 11 is 5.91. The van der Waals surface area contributed by atoms with Crippen LogP contribution in [0.3, 0.4) is 0 Å². The molecule has 2 heterocycles. The number of rotatable bonds is 5. The van der Waals surface area contributed by atoms with E-state index in [2.05, 4.69) is 23.9 Å². The van der Waals surface area contributed by atoms with E-state index in [4.69, 9.17) is 20.9 Å². The van der Waals surface area contributed by atoms with Crippen LogP contribution < -0.4 is 0 Å². The fourth-order valence-corrected chi connectivity index (χ4v) is 3.57. The van der Waals surface area contributed by atoms with Crippen LogP contribution in [0.1, 0.15) is 24.3 Å². The Labute approximate surface area is 158 Å². The lowest BCUT2D eigenvalue weighted by Crippen LogP contribution is -2.58. The number of nitrogens with zero attached hydrogens (tertiary/aromatic N) is 3. The zero-order valence-corrected chi connectivity index (χ0v) is 16.1. The highest BCUT2D eigenvalue weighted by molar-refractivity contribution is 6.30. The molecule has 0 spiro atoms. The molecule has 6 nitrogen and oxygen atoms in total. The van der Waals surface area contributed by atoms with Crippen LogP contribution in [0.15, 0.2) is 34.9 Å².